The van der Waals surface area contributed by atoms with Crippen LogP contribution >= 0.6 is 0 Å². The Balaban J connectivity index is 1.40. The lowest BCUT2D eigenvalue weighted by Gasteiger charge is -2.10. The van der Waals surface area contributed by atoms with E-state index in [-0.39, 0.29) is 0 Å². The number of unbranched alkanes of at least 4 members (excludes halogenated alkanes) is 1. The van der Waals surface area contributed by atoms with Gasteiger partial charge >= 0.3 is 0 Å². The van der Waals surface area contributed by atoms with Gasteiger partial charge in [-0.3, -0.25) is 0 Å². The molecule has 0 saturated heterocycles. The second-order valence-corrected chi connectivity index (χ2v) is 7.18. The topological polar surface area (TPSA) is 60.6 Å². The van der Waals surface area contributed by atoms with Crippen molar-refractivity contribution < 1.29 is 13.9 Å². The van der Waals surface area contributed by atoms with E-state index in [4.69, 9.17) is 13.9 Å². The summed E-state index contributed by atoms with van der Waals surface area (Å²) >= 11 is 0. The minimum atomic E-state index is 0.498. The maximum Gasteiger partial charge on any atom is 0.248 e. The Labute approximate surface area is 178 Å². The molecule has 1 heterocycles. The molecule has 0 aliphatic heterocycles. The highest BCUT2D eigenvalue weighted by Gasteiger charge is 2.07. The third-order valence-corrected chi connectivity index (χ3v) is 4.35. The first kappa shape index (κ1) is 21.6. The van der Waals surface area contributed by atoms with Crippen LogP contribution in [0.15, 0.2) is 65.1 Å². The van der Waals surface area contributed by atoms with Gasteiger partial charge in [0.1, 0.15) is 11.5 Å². The highest BCUT2D eigenvalue weighted by atomic mass is 16.5. The summed E-state index contributed by atoms with van der Waals surface area (Å²) in [4.78, 5) is 2.15. The van der Waals surface area contributed by atoms with E-state index in [0.29, 0.717) is 25.0 Å². The molecule has 0 N–H and O–H groups in total. The molecule has 1 aromatic heterocycles. The fraction of sp³-hybridized carbons (Fsp3) is 0.333. The monoisotopic (exact) mass is 407 g/mol. The average molecular weight is 408 g/mol. The predicted octanol–water partition coefficient (Wildman–Crippen LogP) is 4.94. The number of nitrogens with zero attached hydrogens (tertiary/aromatic N) is 3. The van der Waals surface area contributed by atoms with Crippen LogP contribution in [0.3, 0.4) is 0 Å². The SMILES string of the molecule is CN(C)CCCOc1ccc(-c2nnc(/C=C/CCCOc3ccccc3)o2)cc1. The molecule has 0 atom stereocenters. The first-order valence-electron chi connectivity index (χ1n) is 10.3. The lowest BCUT2D eigenvalue weighted by molar-refractivity contribution is 0.281. The Bertz CT molecular complexity index is 890. The Kier molecular flexibility index (Phi) is 8.47. The molecule has 3 aromatic rings. The molecule has 158 valence electrons. The third-order valence-electron chi connectivity index (χ3n) is 4.35. The molecule has 6 heteroatoms. The first-order chi connectivity index (χ1) is 14.7. The van der Waals surface area contributed by atoms with Crippen LogP contribution in [0.1, 0.15) is 25.2 Å². The second-order valence-electron chi connectivity index (χ2n) is 7.18. The lowest BCUT2D eigenvalue weighted by atomic mass is 10.2. The van der Waals surface area contributed by atoms with Crippen LogP contribution in [0.4, 0.5) is 0 Å². The third kappa shape index (κ3) is 7.37. The van der Waals surface area contributed by atoms with E-state index in [1.165, 1.54) is 0 Å². The number of para-hydroxylation sites is 1. The zero-order valence-electron chi connectivity index (χ0n) is 17.7. The van der Waals surface area contributed by atoms with Crippen LogP contribution in [0, 0.1) is 0 Å². The number of aromatic nitrogens is 2. The van der Waals surface area contributed by atoms with Crippen molar-refractivity contribution in [2.45, 2.75) is 19.3 Å². The van der Waals surface area contributed by atoms with Gasteiger partial charge in [0.25, 0.3) is 0 Å². The second kappa shape index (κ2) is 11.8. The highest BCUT2D eigenvalue weighted by Crippen LogP contribution is 2.22. The summed E-state index contributed by atoms with van der Waals surface area (Å²) in [5.74, 6) is 2.74. The van der Waals surface area contributed by atoms with E-state index in [1.807, 2.05) is 66.7 Å². The number of ether oxygens (including phenoxy) is 2. The zero-order valence-corrected chi connectivity index (χ0v) is 17.7. The number of allylic oxidation sites excluding steroid dienone is 1. The van der Waals surface area contributed by atoms with Crippen LogP contribution in [-0.4, -0.2) is 49.0 Å². The molecule has 0 bridgehead atoms. The van der Waals surface area contributed by atoms with Crippen molar-refractivity contribution in [3.05, 3.63) is 66.6 Å². The van der Waals surface area contributed by atoms with E-state index in [9.17, 15) is 0 Å². The van der Waals surface area contributed by atoms with Crippen molar-refractivity contribution in [1.82, 2.24) is 15.1 Å². The van der Waals surface area contributed by atoms with E-state index in [1.54, 1.807) is 0 Å². The standard InChI is InChI=1S/C24H29N3O3/c1-27(2)17-9-19-29-22-15-13-20(14-16-22)24-26-25-23(30-24)12-7-4-8-18-28-21-10-5-3-6-11-21/h3,5-7,10-16H,4,8-9,17-19H2,1-2H3/b12-7+. The fourth-order valence-electron chi connectivity index (χ4n) is 2.78. The van der Waals surface area contributed by atoms with Gasteiger partial charge in [0.05, 0.1) is 13.2 Å². The number of benzene rings is 2. The van der Waals surface area contributed by atoms with Crippen LogP contribution in [-0.2, 0) is 0 Å². The van der Waals surface area contributed by atoms with Gasteiger partial charge in [0, 0.05) is 12.1 Å². The molecule has 0 amide bonds. The Morgan fingerprint density at radius 2 is 1.57 bits per heavy atom. The molecule has 0 aliphatic carbocycles. The van der Waals surface area contributed by atoms with Gasteiger partial charge in [0.2, 0.25) is 11.8 Å². The van der Waals surface area contributed by atoms with Gasteiger partial charge in [0.15, 0.2) is 0 Å². The number of rotatable bonds is 12. The van der Waals surface area contributed by atoms with Gasteiger partial charge in [-0.15, -0.1) is 10.2 Å². The van der Waals surface area contributed by atoms with Crippen molar-refractivity contribution in [3.8, 4) is 23.0 Å². The molecule has 0 aliphatic rings. The van der Waals surface area contributed by atoms with Crippen molar-refractivity contribution in [1.29, 1.82) is 0 Å². The summed E-state index contributed by atoms with van der Waals surface area (Å²) in [7, 11) is 4.12. The van der Waals surface area contributed by atoms with Gasteiger partial charge in [-0.2, -0.15) is 0 Å². The van der Waals surface area contributed by atoms with Crippen molar-refractivity contribution in [3.63, 3.8) is 0 Å². The molecule has 30 heavy (non-hydrogen) atoms. The van der Waals surface area contributed by atoms with Gasteiger partial charge in [-0.25, -0.2) is 0 Å². The molecule has 2 aromatic carbocycles. The Hall–Kier alpha value is -3.12. The average Bonchev–Trinajstić information content (AvgIpc) is 3.24. The highest BCUT2D eigenvalue weighted by molar-refractivity contribution is 5.55. The van der Waals surface area contributed by atoms with E-state index < -0.39 is 0 Å². The largest absolute Gasteiger partial charge is 0.494 e. The molecular weight excluding hydrogens is 378 g/mol. The molecule has 0 unspecified atom stereocenters. The summed E-state index contributed by atoms with van der Waals surface area (Å²) in [5.41, 5.74) is 0.874. The van der Waals surface area contributed by atoms with Gasteiger partial charge in [-0.1, -0.05) is 24.3 Å². The number of hydrogen-bond donors (Lipinski definition) is 0. The molecule has 0 radical (unpaired) electrons. The summed E-state index contributed by atoms with van der Waals surface area (Å²) < 4.78 is 17.1. The maximum absolute atomic E-state index is 5.75. The summed E-state index contributed by atoms with van der Waals surface area (Å²) in [6, 6.07) is 17.6. The lowest BCUT2D eigenvalue weighted by Crippen LogP contribution is -2.15. The molecule has 6 nitrogen and oxygen atoms in total. The molecular formula is C24H29N3O3. The van der Waals surface area contributed by atoms with E-state index in [0.717, 1.165) is 42.9 Å². The minimum Gasteiger partial charge on any atom is -0.494 e. The summed E-state index contributed by atoms with van der Waals surface area (Å²) in [6.07, 6.45) is 6.66. The zero-order chi connectivity index (χ0) is 21.0. The fourth-order valence-corrected chi connectivity index (χ4v) is 2.78. The Morgan fingerprint density at radius 1 is 0.867 bits per heavy atom. The van der Waals surface area contributed by atoms with Crippen LogP contribution in [0.25, 0.3) is 17.5 Å². The van der Waals surface area contributed by atoms with Crippen molar-refractivity contribution >= 4 is 6.08 Å². The molecule has 3 rings (SSSR count). The quantitative estimate of drug-likeness (QED) is 0.396. The summed E-state index contributed by atoms with van der Waals surface area (Å²) in [5, 5.41) is 8.21. The maximum atomic E-state index is 5.75. The van der Waals surface area contributed by atoms with E-state index in [2.05, 4.69) is 29.2 Å². The summed E-state index contributed by atoms with van der Waals surface area (Å²) in [6.45, 7) is 2.38. The van der Waals surface area contributed by atoms with Crippen LogP contribution in [0.2, 0.25) is 0 Å². The van der Waals surface area contributed by atoms with Crippen molar-refractivity contribution in [2.75, 3.05) is 33.9 Å². The Morgan fingerprint density at radius 3 is 2.30 bits per heavy atom. The van der Waals surface area contributed by atoms with Crippen LogP contribution < -0.4 is 9.47 Å². The van der Waals surface area contributed by atoms with Gasteiger partial charge < -0.3 is 18.8 Å². The molecule has 0 fully saturated rings. The molecule has 0 spiro atoms. The van der Waals surface area contributed by atoms with Crippen LogP contribution in [0.5, 0.6) is 11.5 Å². The van der Waals surface area contributed by atoms with E-state index >= 15 is 0 Å². The molecule has 0 saturated carbocycles. The van der Waals surface area contributed by atoms with Crippen molar-refractivity contribution in [2.24, 2.45) is 0 Å². The smallest absolute Gasteiger partial charge is 0.248 e. The minimum absolute atomic E-state index is 0.498. The normalized spacial score (nSPS) is 11.3. The predicted molar refractivity (Wildman–Crippen MR) is 119 cm³/mol. The first-order valence-corrected chi connectivity index (χ1v) is 10.3. The number of hydrogen-bond acceptors (Lipinski definition) is 6. The van der Waals surface area contributed by atoms with Gasteiger partial charge in [-0.05, 0) is 75.8 Å².